The highest BCUT2D eigenvalue weighted by Gasteiger charge is 2.03. The van der Waals surface area contributed by atoms with Crippen LogP contribution in [-0.2, 0) is 13.0 Å². The minimum Gasteiger partial charge on any atom is -0.343 e. The monoisotopic (exact) mass is 222 g/mol. The molecule has 2 aromatic rings. The van der Waals surface area contributed by atoms with Crippen molar-refractivity contribution in [2.24, 2.45) is 5.73 Å². The maximum atomic E-state index is 5.42. The third-order valence-corrected chi connectivity index (χ3v) is 2.18. The Morgan fingerprint density at radius 2 is 2.31 bits per heavy atom. The largest absolute Gasteiger partial charge is 0.343 e. The zero-order valence-corrected chi connectivity index (χ0v) is 8.91. The molecule has 0 spiro atoms. The van der Waals surface area contributed by atoms with Gasteiger partial charge < -0.3 is 10.3 Å². The van der Waals surface area contributed by atoms with Gasteiger partial charge in [-0.25, -0.2) is 4.68 Å². The first-order chi connectivity index (χ1) is 7.88. The molecule has 2 aromatic heterocycles. The second kappa shape index (κ2) is 5.36. The van der Waals surface area contributed by atoms with Gasteiger partial charge in [0.2, 0.25) is 6.39 Å². The van der Waals surface area contributed by atoms with E-state index in [1.807, 2.05) is 6.20 Å². The van der Waals surface area contributed by atoms with E-state index in [9.17, 15) is 0 Å². The number of hydrogen-bond acceptors (Lipinski definition) is 6. The Balaban J connectivity index is 1.87. The Kier molecular flexibility index (Phi) is 3.60. The molecule has 0 radical (unpaired) electrons. The number of hydrogen-bond donors (Lipinski definition) is 1. The number of nitrogens with two attached hydrogens (primary N) is 1. The van der Waals surface area contributed by atoms with Gasteiger partial charge in [-0.3, -0.25) is 0 Å². The van der Waals surface area contributed by atoms with Crippen LogP contribution in [0.2, 0.25) is 0 Å². The zero-order chi connectivity index (χ0) is 11.2. The summed E-state index contributed by atoms with van der Waals surface area (Å²) >= 11 is 0. The average molecular weight is 222 g/mol. The summed E-state index contributed by atoms with van der Waals surface area (Å²) in [5, 5.41) is 11.7. The van der Waals surface area contributed by atoms with Crippen LogP contribution in [0.25, 0.3) is 0 Å². The molecule has 0 fully saturated rings. The van der Waals surface area contributed by atoms with Gasteiger partial charge >= 0.3 is 0 Å². The molecular formula is C9H14N6O. The van der Waals surface area contributed by atoms with E-state index in [2.05, 4.69) is 25.0 Å². The first-order valence-corrected chi connectivity index (χ1v) is 5.23. The van der Waals surface area contributed by atoms with E-state index in [4.69, 9.17) is 5.73 Å². The van der Waals surface area contributed by atoms with Crippen molar-refractivity contribution in [2.45, 2.75) is 25.8 Å². The van der Waals surface area contributed by atoms with E-state index in [-0.39, 0.29) is 0 Å². The van der Waals surface area contributed by atoms with Crippen molar-refractivity contribution in [1.82, 2.24) is 25.1 Å². The Hall–Kier alpha value is -1.76. The van der Waals surface area contributed by atoms with Crippen LogP contribution in [0.1, 0.15) is 24.4 Å². The molecule has 2 heterocycles. The molecule has 86 valence electrons. The second-order valence-electron chi connectivity index (χ2n) is 3.50. The van der Waals surface area contributed by atoms with Crippen molar-refractivity contribution < 1.29 is 4.52 Å². The Morgan fingerprint density at radius 3 is 3.06 bits per heavy atom. The van der Waals surface area contributed by atoms with Crippen molar-refractivity contribution >= 4 is 0 Å². The summed E-state index contributed by atoms with van der Waals surface area (Å²) in [4.78, 5) is 3.91. The summed E-state index contributed by atoms with van der Waals surface area (Å²) in [6.45, 7) is 1.21. The summed E-state index contributed by atoms with van der Waals surface area (Å²) in [5.41, 5.74) is 6.39. The molecule has 0 aliphatic rings. The third-order valence-electron chi connectivity index (χ3n) is 2.18. The molecule has 0 amide bonds. The van der Waals surface area contributed by atoms with Crippen LogP contribution in [0.4, 0.5) is 0 Å². The highest BCUT2D eigenvalue weighted by molar-refractivity contribution is 4.93. The molecule has 0 aromatic carbocycles. The van der Waals surface area contributed by atoms with E-state index in [0.29, 0.717) is 12.4 Å². The van der Waals surface area contributed by atoms with Crippen LogP contribution in [0.3, 0.4) is 0 Å². The van der Waals surface area contributed by atoms with Gasteiger partial charge in [0.15, 0.2) is 5.82 Å². The van der Waals surface area contributed by atoms with Gasteiger partial charge in [0.05, 0.1) is 5.69 Å². The fourth-order valence-corrected chi connectivity index (χ4v) is 1.39. The normalized spacial score (nSPS) is 10.8. The minimum absolute atomic E-state index is 0.486. The van der Waals surface area contributed by atoms with Gasteiger partial charge in [-0.1, -0.05) is 10.4 Å². The lowest BCUT2D eigenvalue weighted by Crippen LogP contribution is -2.01. The van der Waals surface area contributed by atoms with Crippen LogP contribution in [-0.4, -0.2) is 31.7 Å². The molecule has 0 saturated carbocycles. The molecule has 7 heteroatoms. The predicted octanol–water partition coefficient (Wildman–Crippen LogP) is -0.00920. The molecule has 0 unspecified atom stereocenters. The maximum Gasteiger partial charge on any atom is 0.213 e. The summed E-state index contributed by atoms with van der Waals surface area (Å²) in [6.07, 6.45) is 6.15. The average Bonchev–Trinajstić information content (AvgIpc) is 2.91. The molecule has 2 rings (SSSR count). The summed E-state index contributed by atoms with van der Waals surface area (Å²) in [7, 11) is 0. The SMILES string of the molecule is NCCCCc1cn(Cc2ncon2)nn1. The standard InChI is InChI=1S/C9H14N6O/c10-4-2-1-3-8-5-15(14-12-8)6-9-11-7-16-13-9/h5,7H,1-4,6,10H2. The molecule has 0 aliphatic heterocycles. The van der Waals surface area contributed by atoms with Gasteiger partial charge in [0.1, 0.15) is 6.54 Å². The molecule has 0 atom stereocenters. The predicted molar refractivity (Wildman–Crippen MR) is 55.4 cm³/mol. The lowest BCUT2D eigenvalue weighted by atomic mass is 10.2. The Morgan fingerprint density at radius 1 is 1.38 bits per heavy atom. The molecule has 7 nitrogen and oxygen atoms in total. The van der Waals surface area contributed by atoms with Crippen molar-refractivity contribution in [1.29, 1.82) is 0 Å². The van der Waals surface area contributed by atoms with Gasteiger partial charge in [0, 0.05) is 6.20 Å². The van der Waals surface area contributed by atoms with Crippen molar-refractivity contribution in [3.63, 3.8) is 0 Å². The molecule has 0 bridgehead atoms. The van der Waals surface area contributed by atoms with Crippen LogP contribution < -0.4 is 5.73 Å². The number of unbranched alkanes of at least 4 members (excludes halogenated alkanes) is 1. The molecule has 0 saturated heterocycles. The van der Waals surface area contributed by atoms with E-state index >= 15 is 0 Å². The Bertz CT molecular complexity index is 409. The first kappa shape index (κ1) is 10.7. The number of nitrogens with zero attached hydrogens (tertiary/aromatic N) is 5. The van der Waals surface area contributed by atoms with E-state index in [1.54, 1.807) is 4.68 Å². The van der Waals surface area contributed by atoms with Crippen molar-refractivity contribution in [2.75, 3.05) is 6.54 Å². The zero-order valence-electron chi connectivity index (χ0n) is 8.91. The van der Waals surface area contributed by atoms with Gasteiger partial charge in [0.25, 0.3) is 0 Å². The summed E-state index contributed by atoms with van der Waals surface area (Å²) < 4.78 is 6.33. The van der Waals surface area contributed by atoms with Gasteiger partial charge in [-0.05, 0) is 25.8 Å². The summed E-state index contributed by atoms with van der Waals surface area (Å²) in [5.74, 6) is 0.596. The quantitative estimate of drug-likeness (QED) is 0.690. The van der Waals surface area contributed by atoms with Crippen LogP contribution >= 0.6 is 0 Å². The molecule has 16 heavy (non-hydrogen) atoms. The lowest BCUT2D eigenvalue weighted by molar-refractivity contribution is 0.406. The molecular weight excluding hydrogens is 208 g/mol. The van der Waals surface area contributed by atoms with E-state index < -0.39 is 0 Å². The maximum absolute atomic E-state index is 5.42. The van der Waals surface area contributed by atoms with Crippen molar-refractivity contribution in [3.8, 4) is 0 Å². The van der Waals surface area contributed by atoms with E-state index in [0.717, 1.165) is 31.5 Å². The fourth-order valence-electron chi connectivity index (χ4n) is 1.39. The highest BCUT2D eigenvalue weighted by atomic mass is 16.5. The molecule has 0 aliphatic carbocycles. The van der Waals surface area contributed by atoms with Crippen LogP contribution in [0, 0.1) is 0 Å². The number of aromatic nitrogens is 5. The van der Waals surface area contributed by atoms with Gasteiger partial charge in [-0.15, -0.1) is 5.10 Å². The minimum atomic E-state index is 0.486. The number of aryl methyl sites for hydroxylation is 1. The number of rotatable bonds is 6. The second-order valence-corrected chi connectivity index (χ2v) is 3.50. The topological polar surface area (TPSA) is 95.7 Å². The molecule has 2 N–H and O–H groups in total. The first-order valence-electron chi connectivity index (χ1n) is 5.23. The van der Waals surface area contributed by atoms with Crippen LogP contribution in [0.15, 0.2) is 17.1 Å². The smallest absolute Gasteiger partial charge is 0.213 e. The fraction of sp³-hybridized carbons (Fsp3) is 0.556. The Labute approximate surface area is 92.6 Å². The third kappa shape index (κ3) is 2.86. The highest BCUT2D eigenvalue weighted by Crippen LogP contribution is 2.01. The summed E-state index contributed by atoms with van der Waals surface area (Å²) in [6, 6.07) is 0. The van der Waals surface area contributed by atoms with Crippen LogP contribution in [0.5, 0.6) is 0 Å². The lowest BCUT2D eigenvalue weighted by Gasteiger charge is -1.94. The van der Waals surface area contributed by atoms with E-state index in [1.165, 1.54) is 6.39 Å². The van der Waals surface area contributed by atoms with Gasteiger partial charge in [-0.2, -0.15) is 4.98 Å². The van der Waals surface area contributed by atoms with Crippen molar-refractivity contribution in [3.05, 3.63) is 24.1 Å².